The van der Waals surface area contributed by atoms with E-state index in [0.717, 1.165) is 12.8 Å². The Labute approximate surface area is 74.5 Å². The molecule has 12 heavy (non-hydrogen) atoms. The second kappa shape index (κ2) is 5.00. The van der Waals surface area contributed by atoms with E-state index in [1.807, 2.05) is 0 Å². The lowest BCUT2D eigenvalue weighted by atomic mass is 9.94. The summed E-state index contributed by atoms with van der Waals surface area (Å²) in [5.41, 5.74) is 1.39. The van der Waals surface area contributed by atoms with Gasteiger partial charge in [0.25, 0.3) is 0 Å². The van der Waals surface area contributed by atoms with E-state index in [1.54, 1.807) is 0 Å². The van der Waals surface area contributed by atoms with Gasteiger partial charge in [-0.1, -0.05) is 11.6 Å². The molecular weight excluding hydrogens is 148 g/mol. The monoisotopic (exact) mass is 164 g/mol. The van der Waals surface area contributed by atoms with Gasteiger partial charge < -0.3 is 5.11 Å². The molecule has 0 saturated carbocycles. The van der Waals surface area contributed by atoms with Gasteiger partial charge in [-0.05, 0) is 32.1 Å². The van der Waals surface area contributed by atoms with Gasteiger partial charge in [0.05, 0.1) is 6.10 Å². The summed E-state index contributed by atoms with van der Waals surface area (Å²) in [5.74, 6) is 2.48. The highest BCUT2D eigenvalue weighted by molar-refractivity contribution is 5.07. The van der Waals surface area contributed by atoms with Crippen LogP contribution >= 0.6 is 0 Å². The first kappa shape index (κ1) is 9.35. The number of rotatable bonds is 3. The van der Waals surface area contributed by atoms with Gasteiger partial charge in [0, 0.05) is 6.42 Å². The molecule has 0 bridgehead atoms. The average molecular weight is 164 g/mol. The fourth-order valence-corrected chi connectivity index (χ4v) is 1.60. The second-order valence-corrected chi connectivity index (χ2v) is 3.37. The topological polar surface area (TPSA) is 20.2 Å². The van der Waals surface area contributed by atoms with Gasteiger partial charge in [-0.3, -0.25) is 0 Å². The molecule has 1 nitrogen and oxygen atoms in total. The second-order valence-electron chi connectivity index (χ2n) is 3.37. The van der Waals surface area contributed by atoms with E-state index >= 15 is 0 Å². The molecule has 0 radical (unpaired) electrons. The molecule has 0 aliphatic heterocycles. The smallest absolute Gasteiger partial charge is 0.0686 e. The van der Waals surface area contributed by atoms with Crippen LogP contribution in [0.15, 0.2) is 11.6 Å². The maximum atomic E-state index is 9.42. The molecule has 0 aromatic heterocycles. The van der Waals surface area contributed by atoms with Crippen LogP contribution in [0, 0.1) is 12.3 Å². The van der Waals surface area contributed by atoms with Crippen LogP contribution in [0.1, 0.15) is 38.5 Å². The van der Waals surface area contributed by atoms with Crippen LogP contribution in [0.5, 0.6) is 0 Å². The average Bonchev–Trinajstić information content (AvgIpc) is 2.06. The first-order valence-electron chi connectivity index (χ1n) is 4.62. The van der Waals surface area contributed by atoms with Crippen LogP contribution < -0.4 is 0 Å². The Morgan fingerprint density at radius 1 is 1.58 bits per heavy atom. The Kier molecular flexibility index (Phi) is 3.90. The SMILES string of the molecule is C#CCC(O)CC1=CCCCC1. The number of hydrogen-bond acceptors (Lipinski definition) is 1. The maximum Gasteiger partial charge on any atom is 0.0686 e. The molecular formula is C11H16O. The molecule has 1 unspecified atom stereocenters. The molecule has 0 saturated heterocycles. The highest BCUT2D eigenvalue weighted by Gasteiger charge is 2.08. The Balaban J connectivity index is 2.30. The molecule has 0 aromatic carbocycles. The van der Waals surface area contributed by atoms with Gasteiger partial charge in [0.1, 0.15) is 0 Å². The number of allylic oxidation sites excluding steroid dienone is 1. The van der Waals surface area contributed by atoms with Crippen LogP contribution in [0.25, 0.3) is 0 Å². The molecule has 0 aromatic rings. The number of aliphatic hydroxyl groups is 1. The molecule has 1 atom stereocenters. The molecule has 0 spiro atoms. The number of terminal acetylenes is 1. The van der Waals surface area contributed by atoms with Crippen molar-refractivity contribution in [3.05, 3.63) is 11.6 Å². The van der Waals surface area contributed by atoms with Crippen molar-refractivity contribution >= 4 is 0 Å². The van der Waals surface area contributed by atoms with Crippen molar-refractivity contribution in [1.29, 1.82) is 0 Å². The number of hydrogen-bond donors (Lipinski definition) is 1. The summed E-state index contributed by atoms with van der Waals surface area (Å²) in [4.78, 5) is 0. The van der Waals surface area contributed by atoms with Crippen LogP contribution in [-0.4, -0.2) is 11.2 Å². The zero-order valence-corrected chi connectivity index (χ0v) is 7.42. The van der Waals surface area contributed by atoms with Crippen molar-refractivity contribution < 1.29 is 5.11 Å². The quantitative estimate of drug-likeness (QED) is 0.501. The van der Waals surface area contributed by atoms with Crippen molar-refractivity contribution in [3.63, 3.8) is 0 Å². The van der Waals surface area contributed by atoms with Crippen LogP contribution in [-0.2, 0) is 0 Å². The Hall–Kier alpha value is -0.740. The van der Waals surface area contributed by atoms with Crippen molar-refractivity contribution in [3.8, 4) is 12.3 Å². The predicted molar refractivity (Wildman–Crippen MR) is 50.6 cm³/mol. The van der Waals surface area contributed by atoms with Gasteiger partial charge >= 0.3 is 0 Å². The van der Waals surface area contributed by atoms with Crippen LogP contribution in [0.3, 0.4) is 0 Å². The highest BCUT2D eigenvalue weighted by atomic mass is 16.3. The zero-order chi connectivity index (χ0) is 8.81. The molecule has 1 aliphatic carbocycles. The van der Waals surface area contributed by atoms with Gasteiger partial charge in [-0.2, -0.15) is 0 Å². The minimum atomic E-state index is -0.320. The normalized spacial score (nSPS) is 19.5. The van der Waals surface area contributed by atoms with Gasteiger partial charge in [-0.15, -0.1) is 12.3 Å². The summed E-state index contributed by atoms with van der Waals surface area (Å²) >= 11 is 0. The van der Waals surface area contributed by atoms with Crippen molar-refractivity contribution in [2.75, 3.05) is 0 Å². The van der Waals surface area contributed by atoms with E-state index in [9.17, 15) is 5.11 Å². The lowest BCUT2D eigenvalue weighted by Crippen LogP contribution is -2.07. The Bertz CT molecular complexity index is 198. The third-order valence-corrected chi connectivity index (χ3v) is 2.24. The summed E-state index contributed by atoms with van der Waals surface area (Å²) in [6, 6.07) is 0. The van der Waals surface area contributed by atoms with E-state index in [2.05, 4.69) is 12.0 Å². The summed E-state index contributed by atoms with van der Waals surface area (Å²) in [5, 5.41) is 9.42. The first-order valence-corrected chi connectivity index (χ1v) is 4.62. The predicted octanol–water partition coefficient (Wildman–Crippen LogP) is 2.26. The lowest BCUT2D eigenvalue weighted by molar-refractivity contribution is 0.179. The van der Waals surface area contributed by atoms with E-state index in [1.165, 1.54) is 24.8 Å². The van der Waals surface area contributed by atoms with Crippen LogP contribution in [0.4, 0.5) is 0 Å². The summed E-state index contributed by atoms with van der Waals surface area (Å²) in [6.45, 7) is 0. The molecule has 1 rings (SSSR count). The van der Waals surface area contributed by atoms with E-state index in [0.29, 0.717) is 6.42 Å². The molecule has 1 aliphatic rings. The summed E-state index contributed by atoms with van der Waals surface area (Å²) < 4.78 is 0. The summed E-state index contributed by atoms with van der Waals surface area (Å²) in [6.07, 6.45) is 13.2. The standard InChI is InChI=1S/C11H16O/c1-2-6-11(12)9-10-7-4-3-5-8-10/h1,7,11-12H,3-6,8-9H2. The molecule has 0 heterocycles. The highest BCUT2D eigenvalue weighted by Crippen LogP contribution is 2.21. The van der Waals surface area contributed by atoms with Crippen molar-refractivity contribution in [1.82, 2.24) is 0 Å². The van der Waals surface area contributed by atoms with Gasteiger partial charge in [-0.25, -0.2) is 0 Å². The third-order valence-electron chi connectivity index (χ3n) is 2.24. The Morgan fingerprint density at radius 2 is 2.42 bits per heavy atom. The largest absolute Gasteiger partial charge is 0.392 e. The first-order chi connectivity index (χ1) is 5.83. The van der Waals surface area contributed by atoms with E-state index in [-0.39, 0.29) is 6.10 Å². The number of aliphatic hydroxyl groups excluding tert-OH is 1. The molecule has 66 valence electrons. The molecule has 0 amide bonds. The lowest BCUT2D eigenvalue weighted by Gasteiger charge is -2.14. The molecule has 1 heteroatoms. The van der Waals surface area contributed by atoms with E-state index < -0.39 is 0 Å². The Morgan fingerprint density at radius 3 is 3.00 bits per heavy atom. The van der Waals surface area contributed by atoms with Gasteiger partial charge in [0.2, 0.25) is 0 Å². The fraction of sp³-hybridized carbons (Fsp3) is 0.636. The molecule has 0 fully saturated rings. The zero-order valence-electron chi connectivity index (χ0n) is 7.42. The minimum Gasteiger partial charge on any atom is -0.392 e. The molecule has 1 N–H and O–H groups in total. The fourth-order valence-electron chi connectivity index (χ4n) is 1.60. The van der Waals surface area contributed by atoms with Crippen molar-refractivity contribution in [2.24, 2.45) is 0 Å². The van der Waals surface area contributed by atoms with Gasteiger partial charge in [0.15, 0.2) is 0 Å². The minimum absolute atomic E-state index is 0.320. The van der Waals surface area contributed by atoms with E-state index in [4.69, 9.17) is 6.42 Å². The van der Waals surface area contributed by atoms with Crippen molar-refractivity contribution in [2.45, 2.75) is 44.6 Å². The van der Waals surface area contributed by atoms with Crippen LogP contribution in [0.2, 0.25) is 0 Å². The summed E-state index contributed by atoms with van der Waals surface area (Å²) in [7, 11) is 0. The maximum absolute atomic E-state index is 9.42. The third kappa shape index (κ3) is 3.11.